The van der Waals surface area contributed by atoms with Crippen molar-refractivity contribution in [1.82, 2.24) is 0 Å². The summed E-state index contributed by atoms with van der Waals surface area (Å²) >= 11 is 0. The zero-order valence-electron chi connectivity index (χ0n) is 20.4. The van der Waals surface area contributed by atoms with Crippen LogP contribution in [0, 0.1) is 0 Å². The monoisotopic (exact) mass is 498 g/mol. The van der Waals surface area contributed by atoms with Gasteiger partial charge < -0.3 is 26.0 Å². The van der Waals surface area contributed by atoms with E-state index in [9.17, 15) is 19.2 Å². The van der Waals surface area contributed by atoms with Crippen LogP contribution in [0.4, 0.5) is 17.1 Å². The van der Waals surface area contributed by atoms with Gasteiger partial charge in [0.1, 0.15) is 6.54 Å². The average molecular weight is 499 g/mol. The van der Waals surface area contributed by atoms with E-state index in [1.807, 2.05) is 30.3 Å². The van der Waals surface area contributed by atoms with Crippen LogP contribution in [0.15, 0.2) is 72.8 Å². The molecule has 9 nitrogen and oxygen atoms in total. The van der Waals surface area contributed by atoms with E-state index in [4.69, 9.17) is 10.5 Å². The minimum Gasteiger partial charge on any atom is -0.462 e. The van der Waals surface area contributed by atoms with Crippen molar-refractivity contribution in [3.63, 3.8) is 0 Å². The molecule has 0 fully saturated rings. The molecule has 0 atom stereocenters. The summed E-state index contributed by atoms with van der Waals surface area (Å²) in [4.78, 5) is 50.0. The van der Waals surface area contributed by atoms with Crippen LogP contribution in [0.25, 0.3) is 11.3 Å². The van der Waals surface area contributed by atoms with Crippen molar-refractivity contribution in [3.8, 4) is 0 Å². The van der Waals surface area contributed by atoms with E-state index in [1.165, 1.54) is 11.8 Å². The highest BCUT2D eigenvalue weighted by Crippen LogP contribution is 2.38. The molecular formula is C28H26N4O5. The molecule has 4 rings (SSSR count). The number of nitrogens with one attached hydrogen (secondary N) is 2. The van der Waals surface area contributed by atoms with Gasteiger partial charge in [-0.25, -0.2) is 4.79 Å². The van der Waals surface area contributed by atoms with Crippen molar-refractivity contribution in [3.05, 3.63) is 89.5 Å². The largest absolute Gasteiger partial charge is 0.462 e. The minimum absolute atomic E-state index is 0.230. The second-order valence-electron chi connectivity index (χ2n) is 8.29. The highest BCUT2D eigenvalue weighted by molar-refractivity contribution is 6.37. The average Bonchev–Trinajstić information content (AvgIpc) is 3.21. The standard InChI is InChI=1S/C28H26N4O5/c1-3-37-28(36)19-9-14-22-23(15-19)31-27(35)25(22)26(18-7-5-4-6-8-18)30-20-10-12-21(13-11-20)32(17(2)33)16-24(29)34/h4-15,30H,3,16H2,1-2H3,(H2,29,34)(H,31,35). The lowest BCUT2D eigenvalue weighted by Gasteiger charge is -2.20. The Labute approximate surface area is 213 Å². The van der Waals surface area contributed by atoms with Gasteiger partial charge >= 0.3 is 5.97 Å². The maximum atomic E-state index is 13.2. The first-order chi connectivity index (χ1) is 17.8. The Balaban J connectivity index is 1.74. The fraction of sp³-hybridized carbons (Fsp3) is 0.143. The normalized spacial score (nSPS) is 13.3. The lowest BCUT2D eigenvalue weighted by molar-refractivity contribution is -0.121. The van der Waals surface area contributed by atoms with Crippen LogP contribution < -0.4 is 21.3 Å². The van der Waals surface area contributed by atoms with Gasteiger partial charge in [-0.05, 0) is 48.9 Å². The lowest BCUT2D eigenvalue weighted by atomic mass is 9.99. The predicted molar refractivity (Wildman–Crippen MR) is 142 cm³/mol. The van der Waals surface area contributed by atoms with Crippen molar-refractivity contribution in [1.29, 1.82) is 0 Å². The molecule has 3 aromatic carbocycles. The molecule has 9 heteroatoms. The van der Waals surface area contributed by atoms with Gasteiger partial charge in [0.15, 0.2) is 0 Å². The molecule has 1 aliphatic rings. The highest BCUT2D eigenvalue weighted by Gasteiger charge is 2.29. The van der Waals surface area contributed by atoms with Gasteiger partial charge in [-0.1, -0.05) is 36.4 Å². The molecular weight excluding hydrogens is 472 g/mol. The number of esters is 1. The summed E-state index contributed by atoms with van der Waals surface area (Å²) in [6, 6.07) is 21.2. The highest BCUT2D eigenvalue weighted by atomic mass is 16.5. The number of nitrogens with zero attached hydrogens (tertiary/aromatic N) is 1. The van der Waals surface area contributed by atoms with E-state index >= 15 is 0 Å². The van der Waals surface area contributed by atoms with Gasteiger partial charge in [-0.3, -0.25) is 14.4 Å². The Morgan fingerprint density at radius 2 is 1.68 bits per heavy atom. The number of primary amides is 1. The Bertz CT molecular complexity index is 1400. The van der Waals surface area contributed by atoms with Crippen molar-refractivity contribution in [2.75, 3.05) is 28.7 Å². The van der Waals surface area contributed by atoms with Crippen LogP contribution in [0.2, 0.25) is 0 Å². The summed E-state index contributed by atoms with van der Waals surface area (Å²) in [6.45, 7) is 3.11. The number of anilines is 3. The summed E-state index contributed by atoms with van der Waals surface area (Å²) in [5.41, 5.74) is 9.71. The van der Waals surface area contributed by atoms with Gasteiger partial charge in [-0.2, -0.15) is 0 Å². The van der Waals surface area contributed by atoms with Gasteiger partial charge in [0.25, 0.3) is 5.91 Å². The third-order valence-electron chi connectivity index (χ3n) is 5.73. The smallest absolute Gasteiger partial charge is 0.338 e. The molecule has 37 heavy (non-hydrogen) atoms. The molecule has 1 aliphatic heterocycles. The summed E-state index contributed by atoms with van der Waals surface area (Å²) in [5, 5.41) is 6.18. The Morgan fingerprint density at radius 3 is 2.30 bits per heavy atom. The number of carbonyl (C=O) groups is 4. The molecule has 0 saturated carbocycles. The third-order valence-corrected chi connectivity index (χ3v) is 5.73. The molecule has 0 unspecified atom stereocenters. The number of rotatable bonds is 8. The summed E-state index contributed by atoms with van der Waals surface area (Å²) < 4.78 is 5.07. The zero-order chi connectivity index (χ0) is 26.5. The number of nitrogens with two attached hydrogens (primary N) is 1. The van der Waals surface area contributed by atoms with E-state index in [1.54, 1.807) is 49.4 Å². The lowest BCUT2D eigenvalue weighted by Crippen LogP contribution is -2.37. The first-order valence-corrected chi connectivity index (χ1v) is 11.6. The van der Waals surface area contributed by atoms with Crippen molar-refractivity contribution >= 4 is 52.0 Å². The predicted octanol–water partition coefficient (Wildman–Crippen LogP) is 3.63. The molecule has 188 valence electrons. The van der Waals surface area contributed by atoms with Crippen molar-refractivity contribution in [2.24, 2.45) is 5.73 Å². The molecule has 0 spiro atoms. The van der Waals surface area contributed by atoms with Crippen LogP contribution in [-0.4, -0.2) is 36.8 Å². The van der Waals surface area contributed by atoms with Crippen molar-refractivity contribution in [2.45, 2.75) is 13.8 Å². The Hall–Kier alpha value is -4.92. The number of ether oxygens (including phenoxy) is 1. The number of carbonyl (C=O) groups excluding carboxylic acids is 4. The maximum Gasteiger partial charge on any atom is 0.338 e. The second-order valence-corrected chi connectivity index (χ2v) is 8.29. The molecule has 0 radical (unpaired) electrons. The fourth-order valence-electron chi connectivity index (χ4n) is 4.06. The van der Waals surface area contributed by atoms with E-state index < -0.39 is 11.9 Å². The van der Waals surface area contributed by atoms with E-state index in [-0.39, 0.29) is 25.0 Å². The zero-order valence-corrected chi connectivity index (χ0v) is 20.4. The van der Waals surface area contributed by atoms with Crippen LogP contribution in [0.1, 0.15) is 35.3 Å². The fourth-order valence-corrected chi connectivity index (χ4v) is 4.06. The molecule has 3 aromatic rings. The molecule has 0 aliphatic carbocycles. The molecule has 3 amide bonds. The molecule has 1 heterocycles. The van der Waals surface area contributed by atoms with Crippen LogP contribution in [0.3, 0.4) is 0 Å². The van der Waals surface area contributed by atoms with E-state index in [0.29, 0.717) is 39.5 Å². The van der Waals surface area contributed by atoms with Crippen molar-refractivity contribution < 1.29 is 23.9 Å². The van der Waals surface area contributed by atoms with Gasteiger partial charge in [0, 0.05) is 23.9 Å². The van der Waals surface area contributed by atoms with Gasteiger partial charge in [0.05, 0.1) is 29.1 Å². The first kappa shape index (κ1) is 25.2. The Kier molecular flexibility index (Phi) is 7.34. The van der Waals surface area contributed by atoms with E-state index in [2.05, 4.69) is 10.6 Å². The SMILES string of the molecule is CCOC(=O)c1ccc2c(c1)NC(=O)C2=C(Nc1ccc(N(CC(N)=O)C(C)=O)cc1)c1ccccc1. The van der Waals surface area contributed by atoms with Gasteiger partial charge in [-0.15, -0.1) is 0 Å². The van der Waals surface area contributed by atoms with E-state index in [0.717, 1.165) is 5.56 Å². The number of benzene rings is 3. The number of hydrogen-bond donors (Lipinski definition) is 3. The number of fused-ring (bicyclic) bond motifs is 1. The van der Waals surface area contributed by atoms with Gasteiger partial charge in [0.2, 0.25) is 11.8 Å². The van der Waals surface area contributed by atoms with Crippen LogP contribution in [-0.2, 0) is 19.1 Å². The summed E-state index contributed by atoms with van der Waals surface area (Å²) in [5.74, 6) is -1.71. The van der Waals surface area contributed by atoms with Crippen LogP contribution >= 0.6 is 0 Å². The first-order valence-electron chi connectivity index (χ1n) is 11.6. The Morgan fingerprint density at radius 1 is 0.973 bits per heavy atom. The molecule has 4 N–H and O–H groups in total. The minimum atomic E-state index is -0.620. The second kappa shape index (κ2) is 10.8. The quantitative estimate of drug-likeness (QED) is 0.321. The number of amides is 3. The summed E-state index contributed by atoms with van der Waals surface area (Å²) in [7, 11) is 0. The molecule has 0 bridgehead atoms. The molecule has 0 saturated heterocycles. The number of hydrogen-bond acceptors (Lipinski definition) is 6. The van der Waals surface area contributed by atoms with Crippen LogP contribution in [0.5, 0.6) is 0 Å². The maximum absolute atomic E-state index is 13.2. The summed E-state index contributed by atoms with van der Waals surface area (Å²) in [6.07, 6.45) is 0. The topological polar surface area (TPSA) is 131 Å². The third kappa shape index (κ3) is 5.51. The molecule has 0 aromatic heterocycles.